The third-order valence-electron chi connectivity index (χ3n) is 3.82. The minimum atomic E-state index is -3.17. The van der Waals surface area contributed by atoms with Gasteiger partial charge in [0.05, 0.1) is 6.61 Å². The van der Waals surface area contributed by atoms with Gasteiger partial charge in [0.2, 0.25) is 0 Å². The second-order valence-corrected chi connectivity index (χ2v) is 5.94. The Morgan fingerprint density at radius 3 is 1.88 bits per heavy atom. The van der Waals surface area contributed by atoms with Crippen LogP contribution in [-0.4, -0.2) is 31.1 Å². The van der Waals surface area contributed by atoms with Crippen LogP contribution < -0.4 is 9.47 Å². The molecule has 1 atom stereocenters. The van der Waals surface area contributed by atoms with Crippen molar-refractivity contribution in [2.45, 2.75) is 31.8 Å². The Kier molecular flexibility index (Phi) is 7.33. The molecule has 26 heavy (non-hydrogen) atoms. The number of unbranched alkanes of at least 4 members (excludes halogenated alkanes) is 1. The van der Waals surface area contributed by atoms with Gasteiger partial charge in [-0.3, -0.25) is 0 Å². The van der Waals surface area contributed by atoms with Crippen molar-refractivity contribution in [3.05, 3.63) is 59.7 Å². The minimum absolute atomic E-state index is 0.137. The zero-order chi connectivity index (χ0) is 19.0. The Labute approximate surface area is 151 Å². The van der Waals surface area contributed by atoms with E-state index >= 15 is 0 Å². The van der Waals surface area contributed by atoms with Crippen LogP contribution in [0.5, 0.6) is 11.5 Å². The summed E-state index contributed by atoms with van der Waals surface area (Å²) in [6, 6.07) is 11.0. The molecule has 0 bridgehead atoms. The molecule has 0 aliphatic heterocycles. The summed E-state index contributed by atoms with van der Waals surface area (Å²) >= 11 is 0. The van der Waals surface area contributed by atoms with E-state index < -0.39 is 18.7 Å². The molecule has 1 N–H and O–H groups in total. The quantitative estimate of drug-likeness (QED) is 0.617. The predicted molar refractivity (Wildman–Crippen MR) is 93.8 cm³/mol. The second-order valence-electron chi connectivity index (χ2n) is 5.94. The number of alkyl halides is 3. The molecule has 0 aromatic heterocycles. The summed E-state index contributed by atoms with van der Waals surface area (Å²) in [5.41, 5.74) is -0.322. The molecule has 6 heteroatoms. The Hall–Kier alpha value is -2.21. The van der Waals surface area contributed by atoms with E-state index in [1.165, 1.54) is 48.5 Å². The highest BCUT2D eigenvalue weighted by atomic mass is 19.3. The van der Waals surface area contributed by atoms with E-state index in [0.29, 0.717) is 12.4 Å². The van der Waals surface area contributed by atoms with Crippen LogP contribution >= 0.6 is 0 Å². The summed E-state index contributed by atoms with van der Waals surface area (Å²) in [4.78, 5) is 0. The molecule has 0 saturated heterocycles. The predicted octanol–water partition coefficient (Wildman–Crippen LogP) is 4.71. The third kappa shape index (κ3) is 5.39. The van der Waals surface area contributed by atoms with Gasteiger partial charge in [0.25, 0.3) is 5.92 Å². The zero-order valence-corrected chi connectivity index (χ0v) is 14.6. The molecule has 0 fully saturated rings. The van der Waals surface area contributed by atoms with E-state index in [-0.39, 0.29) is 23.5 Å². The molecule has 0 spiro atoms. The van der Waals surface area contributed by atoms with E-state index in [4.69, 9.17) is 14.6 Å². The van der Waals surface area contributed by atoms with Crippen LogP contribution in [0.15, 0.2) is 48.5 Å². The fourth-order valence-corrected chi connectivity index (χ4v) is 2.26. The third-order valence-corrected chi connectivity index (χ3v) is 3.82. The van der Waals surface area contributed by atoms with Gasteiger partial charge in [-0.1, -0.05) is 13.3 Å². The van der Waals surface area contributed by atoms with Crippen LogP contribution in [0.25, 0.3) is 0 Å². The number of aliphatic hydroxyl groups is 1. The maximum absolute atomic E-state index is 14.7. The molecule has 2 aromatic carbocycles. The monoisotopic (exact) mass is 368 g/mol. The number of halogens is 3. The van der Waals surface area contributed by atoms with Crippen molar-refractivity contribution in [1.82, 2.24) is 0 Å². The topological polar surface area (TPSA) is 38.7 Å². The van der Waals surface area contributed by atoms with E-state index in [9.17, 15) is 13.2 Å². The molecule has 2 aromatic rings. The van der Waals surface area contributed by atoms with Crippen LogP contribution in [0, 0.1) is 0 Å². The summed E-state index contributed by atoms with van der Waals surface area (Å²) in [5, 5.41) is 9.11. The van der Waals surface area contributed by atoms with Gasteiger partial charge in [-0.05, 0) is 55.0 Å². The SMILES string of the molecule is CCCCOc1ccc(C(F)(F)c2ccc(OCC(O)CF)cc2)cc1. The lowest BCUT2D eigenvalue weighted by Gasteiger charge is -2.18. The number of benzene rings is 2. The van der Waals surface area contributed by atoms with Crippen molar-refractivity contribution in [2.24, 2.45) is 0 Å². The fourth-order valence-electron chi connectivity index (χ4n) is 2.26. The first-order valence-corrected chi connectivity index (χ1v) is 8.56. The Morgan fingerprint density at radius 2 is 1.42 bits per heavy atom. The Morgan fingerprint density at radius 1 is 0.923 bits per heavy atom. The Balaban J connectivity index is 2.04. The summed E-state index contributed by atoms with van der Waals surface area (Å²) in [7, 11) is 0. The van der Waals surface area contributed by atoms with Crippen molar-refractivity contribution in [3.8, 4) is 11.5 Å². The summed E-state index contributed by atoms with van der Waals surface area (Å²) in [6.45, 7) is 1.46. The van der Waals surface area contributed by atoms with Crippen molar-refractivity contribution in [2.75, 3.05) is 19.9 Å². The summed E-state index contributed by atoms with van der Waals surface area (Å²) < 4.78 is 52.1. The number of hydrogen-bond donors (Lipinski definition) is 1. The standard InChI is InChI=1S/C20H23F3O3/c1-2-3-12-25-18-8-4-15(5-9-18)20(22,23)16-6-10-19(11-7-16)26-14-17(24)13-21/h4-11,17,24H,2-3,12-14H2,1H3. The van der Waals surface area contributed by atoms with E-state index in [2.05, 4.69) is 0 Å². The van der Waals surface area contributed by atoms with Gasteiger partial charge in [0.1, 0.15) is 30.9 Å². The highest BCUT2D eigenvalue weighted by Gasteiger charge is 2.33. The molecule has 1 unspecified atom stereocenters. The first-order chi connectivity index (χ1) is 12.5. The molecule has 0 aliphatic rings. The first kappa shape index (κ1) is 20.1. The van der Waals surface area contributed by atoms with Gasteiger partial charge < -0.3 is 14.6 Å². The molecule has 3 nitrogen and oxygen atoms in total. The fraction of sp³-hybridized carbons (Fsp3) is 0.400. The molecule has 142 valence electrons. The lowest BCUT2D eigenvalue weighted by Crippen LogP contribution is -2.19. The average Bonchev–Trinajstić information content (AvgIpc) is 2.67. The van der Waals surface area contributed by atoms with Crippen LogP contribution in [-0.2, 0) is 5.92 Å². The number of hydrogen-bond acceptors (Lipinski definition) is 3. The molecular formula is C20H23F3O3. The highest BCUT2D eigenvalue weighted by molar-refractivity contribution is 5.38. The smallest absolute Gasteiger partial charge is 0.298 e. The highest BCUT2D eigenvalue weighted by Crippen LogP contribution is 2.37. The lowest BCUT2D eigenvalue weighted by molar-refractivity contribution is 0.0426. The van der Waals surface area contributed by atoms with E-state index in [1.54, 1.807) is 0 Å². The molecule has 0 radical (unpaired) electrons. The van der Waals surface area contributed by atoms with E-state index in [0.717, 1.165) is 12.8 Å². The van der Waals surface area contributed by atoms with Crippen molar-refractivity contribution in [3.63, 3.8) is 0 Å². The van der Waals surface area contributed by atoms with Gasteiger partial charge in [-0.15, -0.1) is 0 Å². The molecule has 0 aliphatic carbocycles. The van der Waals surface area contributed by atoms with Crippen LogP contribution in [0.4, 0.5) is 13.2 Å². The van der Waals surface area contributed by atoms with Gasteiger partial charge in [-0.25, -0.2) is 4.39 Å². The van der Waals surface area contributed by atoms with Crippen LogP contribution in [0.1, 0.15) is 30.9 Å². The lowest BCUT2D eigenvalue weighted by atomic mass is 10.0. The molecule has 2 rings (SSSR count). The van der Waals surface area contributed by atoms with Crippen LogP contribution in [0.2, 0.25) is 0 Å². The number of aliphatic hydroxyl groups excluding tert-OH is 1. The largest absolute Gasteiger partial charge is 0.494 e. The molecular weight excluding hydrogens is 345 g/mol. The molecule has 0 heterocycles. The van der Waals surface area contributed by atoms with E-state index in [1.807, 2.05) is 6.92 Å². The Bertz CT molecular complexity index is 657. The maximum Gasteiger partial charge on any atom is 0.298 e. The van der Waals surface area contributed by atoms with Gasteiger partial charge >= 0.3 is 0 Å². The zero-order valence-electron chi connectivity index (χ0n) is 14.6. The van der Waals surface area contributed by atoms with Crippen molar-refractivity contribution < 1.29 is 27.8 Å². The molecule has 0 amide bonds. The number of rotatable bonds is 10. The van der Waals surface area contributed by atoms with Gasteiger partial charge in [0.15, 0.2) is 0 Å². The molecule has 0 saturated carbocycles. The maximum atomic E-state index is 14.7. The van der Waals surface area contributed by atoms with Crippen LogP contribution in [0.3, 0.4) is 0 Å². The summed E-state index contributed by atoms with van der Waals surface area (Å²) in [5.74, 6) is -2.32. The van der Waals surface area contributed by atoms with Gasteiger partial charge in [0, 0.05) is 11.1 Å². The second kappa shape index (κ2) is 9.48. The average molecular weight is 368 g/mol. The minimum Gasteiger partial charge on any atom is -0.494 e. The normalized spacial score (nSPS) is 12.7. The van der Waals surface area contributed by atoms with Gasteiger partial charge in [-0.2, -0.15) is 8.78 Å². The number of ether oxygens (including phenoxy) is 2. The first-order valence-electron chi connectivity index (χ1n) is 8.56. The van der Waals surface area contributed by atoms with Crippen molar-refractivity contribution in [1.29, 1.82) is 0 Å². The summed E-state index contributed by atoms with van der Waals surface area (Å²) in [6.07, 6.45) is 0.686. The van der Waals surface area contributed by atoms with Crippen molar-refractivity contribution >= 4 is 0 Å².